The van der Waals surface area contributed by atoms with Gasteiger partial charge in [0.2, 0.25) is 5.91 Å². The lowest BCUT2D eigenvalue weighted by Crippen LogP contribution is -2.46. The van der Waals surface area contributed by atoms with E-state index in [0.717, 1.165) is 51.9 Å². The fourth-order valence-electron chi connectivity index (χ4n) is 4.87. The monoisotopic (exact) mass is 436 g/mol. The van der Waals surface area contributed by atoms with Crippen molar-refractivity contribution in [2.45, 2.75) is 53.4 Å². The van der Waals surface area contributed by atoms with Gasteiger partial charge in [0, 0.05) is 19.8 Å². The normalized spacial score (nSPS) is 15.7. The van der Waals surface area contributed by atoms with Crippen molar-refractivity contribution in [1.82, 2.24) is 10.2 Å². The highest BCUT2D eigenvalue weighted by Crippen LogP contribution is 2.36. The zero-order valence-corrected chi connectivity index (χ0v) is 20.4. The number of rotatable bonds is 10. The summed E-state index contributed by atoms with van der Waals surface area (Å²) in [4.78, 5) is 15.8. The van der Waals surface area contributed by atoms with E-state index in [-0.39, 0.29) is 11.3 Å². The summed E-state index contributed by atoms with van der Waals surface area (Å²) < 4.78 is 5.63. The molecule has 0 radical (unpaired) electrons. The van der Waals surface area contributed by atoms with Crippen molar-refractivity contribution < 1.29 is 9.53 Å². The number of carbonyl (C=O) groups is 1. The van der Waals surface area contributed by atoms with Gasteiger partial charge in [-0.05, 0) is 75.9 Å². The first-order valence-electron chi connectivity index (χ1n) is 12.2. The molecule has 32 heavy (non-hydrogen) atoms. The van der Waals surface area contributed by atoms with Crippen molar-refractivity contribution in [3.8, 4) is 11.1 Å². The first-order chi connectivity index (χ1) is 15.5. The van der Waals surface area contributed by atoms with E-state index < -0.39 is 0 Å². The van der Waals surface area contributed by atoms with Gasteiger partial charge >= 0.3 is 0 Å². The van der Waals surface area contributed by atoms with Crippen LogP contribution in [0.3, 0.4) is 0 Å². The molecule has 2 aromatic rings. The number of hydrogen-bond acceptors (Lipinski definition) is 3. The Morgan fingerprint density at radius 1 is 1.00 bits per heavy atom. The first-order valence-corrected chi connectivity index (χ1v) is 12.2. The molecule has 1 heterocycles. The Kier molecular flexibility index (Phi) is 8.89. The van der Waals surface area contributed by atoms with E-state index in [1.807, 2.05) is 0 Å². The number of aryl methyl sites for hydroxylation is 2. The molecule has 1 N–H and O–H groups in total. The molecule has 0 aromatic heterocycles. The number of ether oxygens (including phenoxy) is 1. The summed E-state index contributed by atoms with van der Waals surface area (Å²) in [6, 6.07) is 15.4. The van der Waals surface area contributed by atoms with Crippen LogP contribution in [0.2, 0.25) is 0 Å². The minimum Gasteiger partial charge on any atom is -0.381 e. The highest BCUT2D eigenvalue weighted by molar-refractivity contribution is 5.83. The van der Waals surface area contributed by atoms with Gasteiger partial charge in [0.05, 0.1) is 5.41 Å². The van der Waals surface area contributed by atoms with Gasteiger partial charge in [-0.15, -0.1) is 0 Å². The fraction of sp³-hybridized carbons (Fsp3) is 0.536. The van der Waals surface area contributed by atoms with Crippen LogP contribution < -0.4 is 5.32 Å². The molecule has 0 unspecified atom stereocenters. The van der Waals surface area contributed by atoms with Crippen molar-refractivity contribution in [2.24, 2.45) is 5.41 Å². The summed E-state index contributed by atoms with van der Waals surface area (Å²) >= 11 is 0. The largest absolute Gasteiger partial charge is 0.381 e. The van der Waals surface area contributed by atoms with Crippen LogP contribution in [0.4, 0.5) is 0 Å². The fourth-order valence-corrected chi connectivity index (χ4v) is 4.87. The Morgan fingerprint density at radius 3 is 2.34 bits per heavy atom. The molecule has 1 amide bonds. The Labute approximate surface area is 194 Å². The average Bonchev–Trinajstić information content (AvgIpc) is 2.79. The number of amides is 1. The number of nitrogens with one attached hydrogen (secondary N) is 1. The molecule has 0 saturated carbocycles. The standard InChI is InChI=1S/C28H40N2O2/c1-5-30(6-2)14-8-13-29-27(31)28(11-15-32-16-12-28)21-24-9-7-10-25(20-24)26-18-22(3)17-23(4)19-26/h7,9-10,17-20H,5-6,8,11-16,21H2,1-4H3,(H,29,31). The number of nitrogens with zero attached hydrogens (tertiary/aromatic N) is 1. The molecule has 0 atom stereocenters. The van der Waals surface area contributed by atoms with Gasteiger partial charge in [-0.2, -0.15) is 0 Å². The van der Waals surface area contributed by atoms with Crippen molar-refractivity contribution >= 4 is 5.91 Å². The molecule has 3 rings (SSSR count). The van der Waals surface area contributed by atoms with Gasteiger partial charge < -0.3 is 15.0 Å². The minimum absolute atomic E-state index is 0.192. The van der Waals surface area contributed by atoms with Crippen LogP contribution in [0.25, 0.3) is 11.1 Å². The molecule has 1 aliphatic rings. The maximum Gasteiger partial charge on any atom is 0.226 e. The summed E-state index contributed by atoms with van der Waals surface area (Å²) in [6.07, 6.45) is 3.31. The third-order valence-corrected chi connectivity index (χ3v) is 6.79. The van der Waals surface area contributed by atoms with Gasteiger partial charge in [0.15, 0.2) is 0 Å². The van der Waals surface area contributed by atoms with E-state index in [9.17, 15) is 4.79 Å². The lowest BCUT2D eigenvalue weighted by Gasteiger charge is -2.36. The Hall–Kier alpha value is -2.17. The molecule has 0 bridgehead atoms. The van der Waals surface area contributed by atoms with Crippen LogP contribution in [0.1, 0.15) is 49.8 Å². The van der Waals surface area contributed by atoms with E-state index in [1.54, 1.807) is 0 Å². The molecule has 174 valence electrons. The highest BCUT2D eigenvalue weighted by Gasteiger charge is 2.39. The second-order valence-corrected chi connectivity index (χ2v) is 9.28. The second-order valence-electron chi connectivity index (χ2n) is 9.28. The third-order valence-electron chi connectivity index (χ3n) is 6.79. The van der Waals surface area contributed by atoms with E-state index in [1.165, 1.54) is 27.8 Å². The second kappa shape index (κ2) is 11.6. The SMILES string of the molecule is CCN(CC)CCCNC(=O)C1(Cc2cccc(-c3cc(C)cc(C)c3)c2)CCOCC1. The van der Waals surface area contributed by atoms with Gasteiger partial charge in [-0.25, -0.2) is 0 Å². The van der Waals surface area contributed by atoms with Crippen LogP contribution in [-0.2, 0) is 16.0 Å². The molecule has 2 aromatic carbocycles. The van der Waals surface area contributed by atoms with Crippen LogP contribution in [0.5, 0.6) is 0 Å². The molecular weight excluding hydrogens is 396 g/mol. The van der Waals surface area contributed by atoms with Crippen molar-refractivity contribution in [2.75, 3.05) is 39.4 Å². The zero-order chi connectivity index (χ0) is 23.0. The maximum absolute atomic E-state index is 13.4. The average molecular weight is 437 g/mol. The Bertz CT molecular complexity index is 863. The van der Waals surface area contributed by atoms with E-state index in [0.29, 0.717) is 13.2 Å². The minimum atomic E-state index is -0.380. The molecular formula is C28H40N2O2. The highest BCUT2D eigenvalue weighted by atomic mass is 16.5. The van der Waals surface area contributed by atoms with Crippen molar-refractivity contribution in [3.05, 3.63) is 59.2 Å². The van der Waals surface area contributed by atoms with Crippen LogP contribution >= 0.6 is 0 Å². The van der Waals surface area contributed by atoms with Crippen molar-refractivity contribution in [1.29, 1.82) is 0 Å². The van der Waals surface area contributed by atoms with Crippen LogP contribution in [0, 0.1) is 19.3 Å². The molecule has 1 saturated heterocycles. The molecule has 1 aliphatic heterocycles. The summed E-state index contributed by atoms with van der Waals surface area (Å²) in [7, 11) is 0. The number of carbonyl (C=O) groups excluding carboxylic acids is 1. The summed E-state index contributed by atoms with van der Waals surface area (Å²) in [6.45, 7) is 13.8. The van der Waals surface area contributed by atoms with E-state index in [2.05, 4.69) is 80.4 Å². The van der Waals surface area contributed by atoms with Gasteiger partial charge in [0.25, 0.3) is 0 Å². The van der Waals surface area contributed by atoms with E-state index >= 15 is 0 Å². The van der Waals surface area contributed by atoms with Gasteiger partial charge in [0.1, 0.15) is 0 Å². The molecule has 0 aliphatic carbocycles. The molecule has 4 nitrogen and oxygen atoms in total. The molecule has 0 spiro atoms. The third kappa shape index (κ3) is 6.43. The lowest BCUT2D eigenvalue weighted by atomic mass is 9.74. The zero-order valence-electron chi connectivity index (χ0n) is 20.4. The Balaban J connectivity index is 1.72. The predicted molar refractivity (Wildman–Crippen MR) is 133 cm³/mol. The topological polar surface area (TPSA) is 41.6 Å². The van der Waals surface area contributed by atoms with Crippen LogP contribution in [-0.4, -0.2) is 50.2 Å². The quantitative estimate of drug-likeness (QED) is 0.523. The summed E-state index contributed by atoms with van der Waals surface area (Å²) in [5.41, 5.74) is 5.85. The summed E-state index contributed by atoms with van der Waals surface area (Å²) in [5.74, 6) is 0.192. The van der Waals surface area contributed by atoms with Crippen LogP contribution in [0.15, 0.2) is 42.5 Å². The number of hydrogen-bond donors (Lipinski definition) is 1. The van der Waals surface area contributed by atoms with Gasteiger partial charge in [-0.1, -0.05) is 67.4 Å². The van der Waals surface area contributed by atoms with E-state index in [4.69, 9.17) is 4.74 Å². The van der Waals surface area contributed by atoms with Crippen molar-refractivity contribution in [3.63, 3.8) is 0 Å². The lowest BCUT2D eigenvalue weighted by molar-refractivity contribution is -0.136. The first kappa shape index (κ1) is 24.5. The maximum atomic E-state index is 13.4. The van der Waals surface area contributed by atoms with Gasteiger partial charge in [-0.3, -0.25) is 4.79 Å². The smallest absolute Gasteiger partial charge is 0.226 e. The number of benzene rings is 2. The summed E-state index contributed by atoms with van der Waals surface area (Å²) in [5, 5.41) is 3.26. The molecule has 4 heteroatoms. The predicted octanol–water partition coefficient (Wildman–Crippen LogP) is 5.16. The molecule has 1 fully saturated rings. The Morgan fingerprint density at radius 2 is 1.69 bits per heavy atom.